The minimum atomic E-state index is -4.21. The number of hydrogen-bond donors (Lipinski definition) is 0. The lowest BCUT2D eigenvalue weighted by Gasteiger charge is -2.15. The molecule has 0 aliphatic carbocycles. The molecule has 1 aliphatic rings. The molecule has 2 heterocycles. The lowest BCUT2D eigenvalue weighted by molar-refractivity contribution is -0.121. The third-order valence-corrected chi connectivity index (χ3v) is 6.50. The van der Waals surface area contributed by atoms with Gasteiger partial charge in [-0.05, 0) is 61.0 Å². The van der Waals surface area contributed by atoms with E-state index in [1.165, 1.54) is 29.1 Å². The molecule has 1 saturated heterocycles. The van der Waals surface area contributed by atoms with Crippen molar-refractivity contribution in [3.05, 3.63) is 72.3 Å². The van der Waals surface area contributed by atoms with Crippen molar-refractivity contribution in [1.29, 1.82) is 0 Å². The van der Waals surface area contributed by atoms with Crippen molar-refractivity contribution in [2.45, 2.75) is 24.7 Å². The quantitative estimate of drug-likeness (QED) is 0.331. The Kier molecular flexibility index (Phi) is 4.94. The number of aryl methyl sites for hydroxylation is 1. The summed E-state index contributed by atoms with van der Waals surface area (Å²) in [7, 11) is -4.21. The number of nitrogens with zero attached hydrogens (tertiary/aromatic N) is 4. The summed E-state index contributed by atoms with van der Waals surface area (Å²) in [5, 5.41) is 8.84. The van der Waals surface area contributed by atoms with Crippen LogP contribution in [0.4, 0.5) is 5.69 Å². The summed E-state index contributed by atoms with van der Waals surface area (Å²) >= 11 is 0. The zero-order valence-corrected chi connectivity index (χ0v) is 18.3. The van der Waals surface area contributed by atoms with E-state index < -0.39 is 10.1 Å². The maximum absolute atomic E-state index is 13.0. The van der Waals surface area contributed by atoms with Crippen LogP contribution in [0.3, 0.4) is 0 Å². The van der Waals surface area contributed by atoms with Gasteiger partial charge >= 0.3 is 10.1 Å². The normalized spacial score (nSPS) is 14.3. The zero-order valence-electron chi connectivity index (χ0n) is 17.5. The van der Waals surface area contributed by atoms with Gasteiger partial charge in [0, 0.05) is 12.8 Å². The van der Waals surface area contributed by atoms with Crippen LogP contribution in [0.25, 0.3) is 16.7 Å². The molecule has 0 saturated carbocycles. The molecule has 3 aromatic carbocycles. The van der Waals surface area contributed by atoms with Crippen LogP contribution in [0.15, 0.2) is 71.6 Å². The van der Waals surface area contributed by atoms with Gasteiger partial charge in [0.2, 0.25) is 11.8 Å². The van der Waals surface area contributed by atoms with E-state index in [-0.39, 0.29) is 35.3 Å². The minimum Gasteiger partial charge on any atom is -0.377 e. The molecule has 1 aliphatic heterocycles. The first kappa shape index (κ1) is 20.8. The number of rotatable bonds is 5. The standard InChI is InChI=1S/C23H18N4O5S/c1-15-6-11-21(20(14-15)27-24-18-4-2-3-5-19(18)25-27)32-33(30,31)17-9-7-16(8-10-17)26-22(28)12-13-23(26)29/h2-11,14H,12-13H2,1H3. The monoisotopic (exact) mass is 462 g/mol. The third-order valence-electron chi connectivity index (χ3n) is 5.25. The Hall–Kier alpha value is -4.05. The fraction of sp³-hybridized carbons (Fsp3) is 0.130. The Morgan fingerprint density at radius 2 is 1.45 bits per heavy atom. The first-order valence-corrected chi connectivity index (χ1v) is 11.6. The average Bonchev–Trinajstić information content (AvgIpc) is 3.37. The molecule has 0 atom stereocenters. The molecule has 166 valence electrons. The fourth-order valence-electron chi connectivity index (χ4n) is 3.61. The van der Waals surface area contributed by atoms with Gasteiger partial charge < -0.3 is 4.18 Å². The number of benzene rings is 3. The topological polar surface area (TPSA) is 111 Å². The van der Waals surface area contributed by atoms with Crippen LogP contribution in [-0.4, -0.2) is 35.2 Å². The van der Waals surface area contributed by atoms with Gasteiger partial charge in [-0.25, -0.2) is 0 Å². The summed E-state index contributed by atoms with van der Waals surface area (Å²) in [5.74, 6) is -0.555. The summed E-state index contributed by atoms with van der Waals surface area (Å²) in [5.41, 5.74) is 2.90. The van der Waals surface area contributed by atoms with Crippen molar-refractivity contribution >= 4 is 38.7 Å². The van der Waals surface area contributed by atoms with Crippen LogP contribution in [0.5, 0.6) is 5.75 Å². The number of aromatic nitrogens is 3. The predicted octanol–water partition coefficient (Wildman–Crippen LogP) is 3.15. The van der Waals surface area contributed by atoms with E-state index in [4.69, 9.17) is 4.18 Å². The van der Waals surface area contributed by atoms with Gasteiger partial charge in [-0.2, -0.15) is 8.42 Å². The number of anilines is 1. The number of hydrogen-bond acceptors (Lipinski definition) is 7. The molecule has 1 fully saturated rings. The number of amides is 2. The number of imide groups is 1. The Bertz CT molecular complexity index is 1460. The number of carbonyl (C=O) groups excluding carboxylic acids is 2. The highest BCUT2D eigenvalue weighted by Gasteiger charge is 2.30. The Morgan fingerprint density at radius 3 is 2.06 bits per heavy atom. The molecule has 0 radical (unpaired) electrons. The smallest absolute Gasteiger partial charge is 0.339 e. The predicted molar refractivity (Wildman–Crippen MR) is 120 cm³/mol. The van der Waals surface area contributed by atoms with Crippen LogP contribution in [0, 0.1) is 6.92 Å². The van der Waals surface area contributed by atoms with Crippen molar-refractivity contribution in [2.24, 2.45) is 0 Å². The van der Waals surface area contributed by atoms with Crippen molar-refractivity contribution in [2.75, 3.05) is 4.90 Å². The Morgan fingerprint density at radius 1 is 0.848 bits per heavy atom. The second kappa shape index (κ2) is 7.82. The van der Waals surface area contributed by atoms with Crippen LogP contribution >= 0.6 is 0 Å². The SMILES string of the molecule is Cc1ccc(OS(=O)(=O)c2ccc(N3C(=O)CCC3=O)cc2)c(-n2nc3ccccc3n2)c1. The summed E-state index contributed by atoms with van der Waals surface area (Å²) < 4.78 is 31.4. The highest BCUT2D eigenvalue weighted by Crippen LogP contribution is 2.29. The van der Waals surface area contributed by atoms with E-state index in [0.717, 1.165) is 10.5 Å². The lowest BCUT2D eigenvalue weighted by Crippen LogP contribution is -2.28. The van der Waals surface area contributed by atoms with E-state index >= 15 is 0 Å². The summed E-state index contributed by atoms with van der Waals surface area (Å²) in [6.07, 6.45) is 0.295. The minimum absolute atomic E-state index is 0.0647. The van der Waals surface area contributed by atoms with Gasteiger partial charge in [0.1, 0.15) is 21.6 Å². The molecule has 0 spiro atoms. The fourth-order valence-corrected chi connectivity index (χ4v) is 4.56. The van der Waals surface area contributed by atoms with Crippen molar-refractivity contribution in [1.82, 2.24) is 15.0 Å². The number of fused-ring (bicyclic) bond motifs is 1. The molecule has 33 heavy (non-hydrogen) atoms. The van der Waals surface area contributed by atoms with Crippen LogP contribution in [0.1, 0.15) is 18.4 Å². The highest BCUT2D eigenvalue weighted by molar-refractivity contribution is 7.87. The van der Waals surface area contributed by atoms with E-state index in [1.54, 1.807) is 18.2 Å². The largest absolute Gasteiger partial charge is 0.377 e. The first-order chi connectivity index (χ1) is 15.8. The van der Waals surface area contributed by atoms with Gasteiger partial charge in [-0.15, -0.1) is 15.0 Å². The first-order valence-electron chi connectivity index (χ1n) is 10.2. The van der Waals surface area contributed by atoms with E-state index in [1.807, 2.05) is 31.2 Å². The van der Waals surface area contributed by atoms with Gasteiger partial charge in [-0.1, -0.05) is 18.2 Å². The molecule has 0 N–H and O–H groups in total. The van der Waals surface area contributed by atoms with Gasteiger partial charge in [0.25, 0.3) is 0 Å². The van der Waals surface area contributed by atoms with E-state index in [0.29, 0.717) is 22.4 Å². The second-order valence-corrected chi connectivity index (χ2v) is 9.15. The second-order valence-electron chi connectivity index (χ2n) is 7.60. The van der Waals surface area contributed by atoms with Crippen LogP contribution in [0.2, 0.25) is 0 Å². The van der Waals surface area contributed by atoms with E-state index in [9.17, 15) is 18.0 Å². The van der Waals surface area contributed by atoms with E-state index in [2.05, 4.69) is 10.2 Å². The average molecular weight is 462 g/mol. The molecule has 4 aromatic rings. The summed E-state index contributed by atoms with van der Waals surface area (Å²) in [4.78, 5) is 26.1. The lowest BCUT2D eigenvalue weighted by atomic mass is 10.2. The summed E-state index contributed by atoms with van der Waals surface area (Å²) in [6, 6.07) is 17.7. The number of carbonyl (C=O) groups is 2. The molecule has 0 unspecified atom stereocenters. The maximum atomic E-state index is 13.0. The zero-order chi connectivity index (χ0) is 23.2. The molecule has 0 bridgehead atoms. The molecular weight excluding hydrogens is 444 g/mol. The Labute approximate surface area is 189 Å². The molecule has 9 nitrogen and oxygen atoms in total. The maximum Gasteiger partial charge on any atom is 0.339 e. The Balaban J connectivity index is 1.47. The van der Waals surface area contributed by atoms with Gasteiger partial charge in [0.05, 0.1) is 5.69 Å². The van der Waals surface area contributed by atoms with Crippen molar-refractivity contribution in [3.8, 4) is 11.4 Å². The summed E-state index contributed by atoms with van der Waals surface area (Å²) in [6.45, 7) is 1.87. The van der Waals surface area contributed by atoms with Crippen LogP contribution in [-0.2, 0) is 19.7 Å². The molecule has 2 amide bonds. The molecule has 1 aromatic heterocycles. The van der Waals surface area contributed by atoms with Gasteiger partial charge in [0.15, 0.2) is 5.75 Å². The molecule has 5 rings (SSSR count). The highest BCUT2D eigenvalue weighted by atomic mass is 32.2. The van der Waals surface area contributed by atoms with Crippen molar-refractivity contribution in [3.63, 3.8) is 0 Å². The molecular formula is C23H18N4O5S. The van der Waals surface area contributed by atoms with Gasteiger partial charge in [-0.3, -0.25) is 14.5 Å². The van der Waals surface area contributed by atoms with Crippen molar-refractivity contribution < 1.29 is 22.2 Å². The van der Waals surface area contributed by atoms with Crippen LogP contribution < -0.4 is 9.08 Å². The molecule has 10 heteroatoms. The third kappa shape index (κ3) is 3.85.